The van der Waals surface area contributed by atoms with Crippen LogP contribution >= 0.6 is 11.6 Å². The van der Waals surface area contributed by atoms with Crippen LogP contribution in [0.3, 0.4) is 0 Å². The highest BCUT2D eigenvalue weighted by Gasteiger charge is 2.15. The molecule has 0 radical (unpaired) electrons. The van der Waals surface area contributed by atoms with Crippen LogP contribution in [-0.2, 0) is 0 Å². The van der Waals surface area contributed by atoms with E-state index >= 15 is 0 Å². The Bertz CT molecular complexity index is 415. The SMILES string of the molecule is Cc1ccc(C(=O)NC(CCl)CC(C)C)c(C)c1. The van der Waals surface area contributed by atoms with Crippen molar-refractivity contribution >= 4 is 17.5 Å². The molecule has 0 aliphatic heterocycles. The number of rotatable bonds is 5. The molecule has 1 unspecified atom stereocenters. The Balaban J connectivity index is 2.74. The van der Waals surface area contributed by atoms with Crippen LogP contribution in [0.2, 0.25) is 0 Å². The van der Waals surface area contributed by atoms with Gasteiger partial charge in [0.2, 0.25) is 0 Å². The molecular formula is C15H22ClNO. The first-order valence-electron chi connectivity index (χ1n) is 6.38. The molecule has 0 saturated carbocycles. The molecule has 0 heterocycles. The summed E-state index contributed by atoms with van der Waals surface area (Å²) in [5.41, 5.74) is 2.91. The molecule has 18 heavy (non-hydrogen) atoms. The highest BCUT2D eigenvalue weighted by atomic mass is 35.5. The van der Waals surface area contributed by atoms with E-state index in [4.69, 9.17) is 11.6 Å². The third-order valence-corrected chi connectivity index (χ3v) is 3.28. The molecule has 0 saturated heterocycles. The minimum absolute atomic E-state index is 0.0289. The maximum atomic E-state index is 12.2. The number of nitrogens with one attached hydrogen (secondary N) is 1. The molecule has 1 aromatic carbocycles. The van der Waals surface area contributed by atoms with E-state index in [0.717, 1.165) is 17.5 Å². The molecule has 2 nitrogen and oxygen atoms in total. The molecule has 1 atom stereocenters. The van der Waals surface area contributed by atoms with Crippen LogP contribution in [0.25, 0.3) is 0 Å². The number of alkyl halides is 1. The summed E-state index contributed by atoms with van der Waals surface area (Å²) >= 11 is 5.89. The fraction of sp³-hybridized carbons (Fsp3) is 0.533. The first-order chi connectivity index (χ1) is 8.43. The number of aryl methyl sites for hydroxylation is 2. The van der Waals surface area contributed by atoms with Gasteiger partial charge in [0.05, 0.1) is 0 Å². The Morgan fingerprint density at radius 2 is 2.00 bits per heavy atom. The van der Waals surface area contributed by atoms with Gasteiger partial charge in [-0.2, -0.15) is 0 Å². The van der Waals surface area contributed by atoms with Gasteiger partial charge in [0.1, 0.15) is 0 Å². The molecule has 0 spiro atoms. The van der Waals surface area contributed by atoms with Gasteiger partial charge in [-0.3, -0.25) is 4.79 Å². The van der Waals surface area contributed by atoms with E-state index in [1.165, 1.54) is 5.56 Å². The Morgan fingerprint density at radius 3 is 2.50 bits per heavy atom. The number of hydrogen-bond acceptors (Lipinski definition) is 1. The Morgan fingerprint density at radius 1 is 1.33 bits per heavy atom. The average molecular weight is 268 g/mol. The van der Waals surface area contributed by atoms with Crippen LogP contribution in [0.4, 0.5) is 0 Å². The van der Waals surface area contributed by atoms with Gasteiger partial charge >= 0.3 is 0 Å². The summed E-state index contributed by atoms with van der Waals surface area (Å²) in [4.78, 5) is 12.2. The molecule has 3 heteroatoms. The van der Waals surface area contributed by atoms with E-state index in [0.29, 0.717) is 11.8 Å². The average Bonchev–Trinajstić information content (AvgIpc) is 2.27. The van der Waals surface area contributed by atoms with Crippen LogP contribution in [0, 0.1) is 19.8 Å². The molecule has 0 aliphatic rings. The largest absolute Gasteiger partial charge is 0.348 e. The third kappa shape index (κ3) is 4.34. The third-order valence-electron chi connectivity index (χ3n) is 2.90. The van der Waals surface area contributed by atoms with Gasteiger partial charge < -0.3 is 5.32 Å². The maximum Gasteiger partial charge on any atom is 0.251 e. The number of carbonyl (C=O) groups excluding carboxylic acids is 1. The molecule has 1 rings (SSSR count). The Kier molecular flexibility index (Phi) is 5.67. The van der Waals surface area contributed by atoms with Crippen LogP contribution in [-0.4, -0.2) is 17.8 Å². The molecule has 1 amide bonds. The summed E-state index contributed by atoms with van der Waals surface area (Å²) in [6.45, 7) is 8.24. The summed E-state index contributed by atoms with van der Waals surface area (Å²) < 4.78 is 0. The number of halogens is 1. The molecule has 100 valence electrons. The van der Waals surface area contributed by atoms with Crippen LogP contribution in [0.5, 0.6) is 0 Å². The van der Waals surface area contributed by atoms with Crippen molar-refractivity contribution in [3.8, 4) is 0 Å². The second-order valence-electron chi connectivity index (χ2n) is 5.27. The predicted molar refractivity (Wildman–Crippen MR) is 77.3 cm³/mol. The lowest BCUT2D eigenvalue weighted by Crippen LogP contribution is -2.37. The van der Waals surface area contributed by atoms with Crippen molar-refractivity contribution in [2.75, 3.05) is 5.88 Å². The van der Waals surface area contributed by atoms with Crippen molar-refractivity contribution in [3.63, 3.8) is 0 Å². The lowest BCUT2D eigenvalue weighted by Gasteiger charge is -2.18. The van der Waals surface area contributed by atoms with E-state index in [2.05, 4.69) is 19.2 Å². The van der Waals surface area contributed by atoms with E-state index in [1.807, 2.05) is 32.0 Å². The Hall–Kier alpha value is -1.02. The van der Waals surface area contributed by atoms with Gasteiger partial charge in [-0.1, -0.05) is 31.5 Å². The van der Waals surface area contributed by atoms with Crippen molar-refractivity contribution in [2.45, 2.75) is 40.2 Å². The molecule has 0 aromatic heterocycles. The highest BCUT2D eigenvalue weighted by molar-refractivity contribution is 6.18. The molecule has 0 aliphatic carbocycles. The number of carbonyl (C=O) groups is 1. The Labute approximate surface area is 115 Å². The minimum atomic E-state index is -0.0289. The quantitative estimate of drug-likeness (QED) is 0.810. The summed E-state index contributed by atoms with van der Waals surface area (Å²) in [5, 5.41) is 3.00. The lowest BCUT2D eigenvalue weighted by atomic mass is 10.0. The van der Waals surface area contributed by atoms with Crippen molar-refractivity contribution in [1.82, 2.24) is 5.32 Å². The van der Waals surface area contributed by atoms with Gasteiger partial charge in [-0.15, -0.1) is 11.6 Å². The van der Waals surface area contributed by atoms with E-state index < -0.39 is 0 Å². The lowest BCUT2D eigenvalue weighted by molar-refractivity contribution is 0.0936. The smallest absolute Gasteiger partial charge is 0.251 e. The monoisotopic (exact) mass is 267 g/mol. The summed E-state index contributed by atoms with van der Waals surface area (Å²) in [6, 6.07) is 5.90. The summed E-state index contributed by atoms with van der Waals surface area (Å²) in [7, 11) is 0. The van der Waals surface area contributed by atoms with Crippen LogP contribution in [0.1, 0.15) is 41.8 Å². The molecule has 1 N–H and O–H groups in total. The zero-order valence-electron chi connectivity index (χ0n) is 11.6. The van der Waals surface area contributed by atoms with Gasteiger partial charge in [-0.05, 0) is 37.8 Å². The topological polar surface area (TPSA) is 29.1 Å². The summed E-state index contributed by atoms with van der Waals surface area (Å²) in [5.74, 6) is 0.946. The van der Waals surface area contributed by atoms with Gasteiger partial charge in [0.25, 0.3) is 5.91 Å². The standard InChI is InChI=1S/C15H22ClNO/c1-10(2)7-13(9-16)17-15(18)14-6-5-11(3)8-12(14)4/h5-6,8,10,13H,7,9H2,1-4H3,(H,17,18). The van der Waals surface area contributed by atoms with Crippen LogP contribution in [0.15, 0.2) is 18.2 Å². The zero-order chi connectivity index (χ0) is 13.7. The van der Waals surface area contributed by atoms with Crippen molar-refractivity contribution < 1.29 is 4.79 Å². The van der Waals surface area contributed by atoms with Crippen molar-refractivity contribution in [3.05, 3.63) is 34.9 Å². The van der Waals surface area contributed by atoms with Gasteiger partial charge in [-0.25, -0.2) is 0 Å². The van der Waals surface area contributed by atoms with E-state index in [-0.39, 0.29) is 11.9 Å². The fourth-order valence-electron chi connectivity index (χ4n) is 2.06. The number of amides is 1. The zero-order valence-corrected chi connectivity index (χ0v) is 12.3. The molecule has 0 bridgehead atoms. The molecule has 0 fully saturated rings. The predicted octanol–water partition coefficient (Wildman–Crippen LogP) is 3.69. The fourth-order valence-corrected chi connectivity index (χ4v) is 2.26. The normalized spacial score (nSPS) is 12.6. The van der Waals surface area contributed by atoms with Gasteiger partial charge in [0, 0.05) is 17.5 Å². The number of hydrogen-bond donors (Lipinski definition) is 1. The first-order valence-corrected chi connectivity index (χ1v) is 6.91. The van der Waals surface area contributed by atoms with Gasteiger partial charge in [0.15, 0.2) is 0 Å². The molecule has 1 aromatic rings. The maximum absolute atomic E-state index is 12.2. The van der Waals surface area contributed by atoms with Crippen molar-refractivity contribution in [1.29, 1.82) is 0 Å². The van der Waals surface area contributed by atoms with E-state index in [1.54, 1.807) is 0 Å². The second-order valence-corrected chi connectivity index (χ2v) is 5.58. The summed E-state index contributed by atoms with van der Waals surface area (Å²) in [6.07, 6.45) is 0.903. The van der Waals surface area contributed by atoms with Crippen molar-refractivity contribution in [2.24, 2.45) is 5.92 Å². The molecular weight excluding hydrogens is 246 g/mol. The highest BCUT2D eigenvalue weighted by Crippen LogP contribution is 2.12. The number of benzene rings is 1. The van der Waals surface area contributed by atoms with Crippen LogP contribution < -0.4 is 5.32 Å². The minimum Gasteiger partial charge on any atom is -0.348 e. The van der Waals surface area contributed by atoms with E-state index in [9.17, 15) is 4.79 Å². The first kappa shape index (κ1) is 15.0. The second kappa shape index (κ2) is 6.79.